The van der Waals surface area contributed by atoms with E-state index in [4.69, 9.17) is 0 Å². The van der Waals surface area contributed by atoms with Crippen LogP contribution in [-0.4, -0.2) is 16.6 Å². The van der Waals surface area contributed by atoms with Crippen molar-refractivity contribution >= 4 is 27.6 Å². The van der Waals surface area contributed by atoms with E-state index >= 15 is 0 Å². The number of carboxylic acid groups (broad SMARTS) is 1. The highest BCUT2D eigenvalue weighted by atomic mass is 79.9. The maximum atomic E-state index is 11.4. The van der Waals surface area contributed by atoms with Gasteiger partial charge in [0.25, 0.3) is 0 Å². The summed E-state index contributed by atoms with van der Waals surface area (Å²) in [6.45, 7) is 3.90. The summed E-state index contributed by atoms with van der Waals surface area (Å²) in [5, 5.41) is 12.5. The molecule has 0 spiro atoms. The van der Waals surface area contributed by atoms with Crippen LogP contribution in [0.5, 0.6) is 0 Å². The first-order valence-electron chi connectivity index (χ1n) is 5.81. The molecule has 0 saturated carbocycles. The summed E-state index contributed by atoms with van der Waals surface area (Å²) >= 11 is 3.36. The summed E-state index contributed by atoms with van der Waals surface area (Å²) in [6, 6.07) is 7.56. The first-order valence-corrected chi connectivity index (χ1v) is 6.60. The van der Waals surface area contributed by atoms with Crippen molar-refractivity contribution in [2.45, 2.75) is 38.6 Å². The zero-order valence-electron chi connectivity index (χ0n) is 10.2. The molecule has 1 aromatic rings. The third-order valence-electron chi connectivity index (χ3n) is 2.92. The molecule has 0 amide bonds. The normalized spacial score (nSPS) is 14.1. The van der Waals surface area contributed by atoms with E-state index in [2.05, 4.69) is 21.2 Å². The lowest BCUT2D eigenvalue weighted by molar-refractivity contribution is -0.142. The number of hydrogen-bond donors (Lipinski definition) is 2. The van der Waals surface area contributed by atoms with E-state index in [-0.39, 0.29) is 0 Å². The summed E-state index contributed by atoms with van der Waals surface area (Å²) in [4.78, 5) is 11.4. The van der Waals surface area contributed by atoms with Gasteiger partial charge >= 0.3 is 5.97 Å². The van der Waals surface area contributed by atoms with Gasteiger partial charge in [-0.2, -0.15) is 0 Å². The molecule has 94 valence electrons. The Morgan fingerprint density at radius 2 is 1.94 bits per heavy atom. The summed E-state index contributed by atoms with van der Waals surface area (Å²) in [5.41, 5.74) is -0.0198. The molecule has 0 aromatic heterocycles. The minimum Gasteiger partial charge on any atom is -0.480 e. The van der Waals surface area contributed by atoms with Gasteiger partial charge in [-0.3, -0.25) is 0 Å². The van der Waals surface area contributed by atoms with E-state index in [1.54, 1.807) is 0 Å². The van der Waals surface area contributed by atoms with Crippen LogP contribution in [0.25, 0.3) is 0 Å². The molecule has 2 N–H and O–H groups in total. The van der Waals surface area contributed by atoms with Crippen molar-refractivity contribution in [3.63, 3.8) is 0 Å². The molecule has 0 radical (unpaired) electrons. The van der Waals surface area contributed by atoms with E-state index in [1.165, 1.54) is 0 Å². The molecule has 0 heterocycles. The Kier molecular flexibility index (Phi) is 5.00. The second kappa shape index (κ2) is 6.05. The van der Waals surface area contributed by atoms with Gasteiger partial charge in [-0.05, 0) is 37.1 Å². The number of hydrogen-bond acceptors (Lipinski definition) is 2. The second-order valence-electron chi connectivity index (χ2n) is 4.12. The molecule has 0 fully saturated rings. The van der Waals surface area contributed by atoms with E-state index in [1.807, 2.05) is 38.1 Å². The third-order valence-corrected chi connectivity index (χ3v) is 3.45. The van der Waals surface area contributed by atoms with Crippen molar-refractivity contribution in [1.82, 2.24) is 0 Å². The lowest BCUT2D eigenvalue weighted by atomic mass is 9.90. The number of aliphatic carboxylic acids is 1. The third kappa shape index (κ3) is 3.46. The molecule has 0 aliphatic carbocycles. The maximum absolute atomic E-state index is 11.4. The Bertz CT molecular complexity index is 378. The standard InChI is InChI=1S/C13H18BrNO2/c1-3-9-13(4-2,12(16)17)15-11-7-5-10(14)6-8-11/h5-8,15H,3-4,9H2,1-2H3,(H,16,17). The Labute approximate surface area is 110 Å². The number of anilines is 1. The topological polar surface area (TPSA) is 49.3 Å². The molecule has 0 aliphatic rings. The molecule has 4 heteroatoms. The fourth-order valence-corrected chi connectivity index (χ4v) is 2.14. The fraction of sp³-hybridized carbons (Fsp3) is 0.462. The van der Waals surface area contributed by atoms with Crippen LogP contribution in [0.4, 0.5) is 5.69 Å². The maximum Gasteiger partial charge on any atom is 0.329 e. The van der Waals surface area contributed by atoms with Crippen molar-refractivity contribution < 1.29 is 9.90 Å². The highest BCUT2D eigenvalue weighted by Crippen LogP contribution is 2.25. The smallest absolute Gasteiger partial charge is 0.329 e. The number of carboxylic acids is 1. The Hall–Kier alpha value is -1.03. The Balaban J connectivity index is 2.92. The Morgan fingerprint density at radius 3 is 2.35 bits per heavy atom. The van der Waals surface area contributed by atoms with Gasteiger partial charge in [0.2, 0.25) is 0 Å². The molecule has 17 heavy (non-hydrogen) atoms. The molecule has 1 atom stereocenters. The van der Waals surface area contributed by atoms with Crippen LogP contribution in [0.3, 0.4) is 0 Å². The van der Waals surface area contributed by atoms with Crippen LogP contribution in [-0.2, 0) is 4.79 Å². The molecule has 1 rings (SSSR count). The van der Waals surface area contributed by atoms with Gasteiger partial charge in [-0.25, -0.2) is 4.79 Å². The second-order valence-corrected chi connectivity index (χ2v) is 5.04. The molecule has 0 aliphatic heterocycles. The van der Waals surface area contributed by atoms with Crippen molar-refractivity contribution in [3.05, 3.63) is 28.7 Å². The van der Waals surface area contributed by atoms with E-state index < -0.39 is 11.5 Å². The summed E-state index contributed by atoms with van der Waals surface area (Å²) in [7, 11) is 0. The lowest BCUT2D eigenvalue weighted by Gasteiger charge is -2.30. The highest BCUT2D eigenvalue weighted by Gasteiger charge is 2.35. The van der Waals surface area contributed by atoms with E-state index in [0.29, 0.717) is 12.8 Å². The van der Waals surface area contributed by atoms with Crippen LogP contribution >= 0.6 is 15.9 Å². The highest BCUT2D eigenvalue weighted by molar-refractivity contribution is 9.10. The molecule has 1 aromatic carbocycles. The van der Waals surface area contributed by atoms with Crippen LogP contribution in [0.2, 0.25) is 0 Å². The van der Waals surface area contributed by atoms with Gasteiger partial charge in [0, 0.05) is 10.2 Å². The summed E-state index contributed by atoms with van der Waals surface area (Å²) in [6.07, 6.45) is 2.02. The molecule has 3 nitrogen and oxygen atoms in total. The largest absolute Gasteiger partial charge is 0.480 e. The van der Waals surface area contributed by atoms with E-state index in [0.717, 1.165) is 16.6 Å². The van der Waals surface area contributed by atoms with Gasteiger partial charge < -0.3 is 10.4 Å². The number of benzene rings is 1. The van der Waals surface area contributed by atoms with Gasteiger partial charge in [-0.1, -0.05) is 36.2 Å². The monoisotopic (exact) mass is 299 g/mol. The Morgan fingerprint density at radius 1 is 1.35 bits per heavy atom. The quantitative estimate of drug-likeness (QED) is 0.838. The number of carbonyl (C=O) groups is 1. The van der Waals surface area contributed by atoms with Crippen molar-refractivity contribution in [2.75, 3.05) is 5.32 Å². The molecule has 0 bridgehead atoms. The van der Waals surface area contributed by atoms with Gasteiger partial charge in [0.1, 0.15) is 5.54 Å². The van der Waals surface area contributed by atoms with Crippen LogP contribution in [0, 0.1) is 0 Å². The molecule has 1 unspecified atom stereocenters. The minimum absolute atomic E-state index is 0.562. The summed E-state index contributed by atoms with van der Waals surface area (Å²) in [5.74, 6) is -0.787. The number of nitrogens with one attached hydrogen (secondary N) is 1. The zero-order valence-corrected chi connectivity index (χ0v) is 11.8. The summed E-state index contributed by atoms with van der Waals surface area (Å²) < 4.78 is 0.982. The van der Waals surface area contributed by atoms with Crippen molar-refractivity contribution in [1.29, 1.82) is 0 Å². The lowest BCUT2D eigenvalue weighted by Crippen LogP contribution is -2.45. The SMILES string of the molecule is CCCC(CC)(Nc1ccc(Br)cc1)C(=O)O. The minimum atomic E-state index is -0.859. The van der Waals surface area contributed by atoms with Crippen LogP contribution in [0.1, 0.15) is 33.1 Å². The van der Waals surface area contributed by atoms with Crippen LogP contribution < -0.4 is 5.32 Å². The van der Waals surface area contributed by atoms with Gasteiger partial charge in [0.15, 0.2) is 0 Å². The molecular formula is C13H18BrNO2. The first-order chi connectivity index (χ1) is 8.04. The average Bonchev–Trinajstić information content (AvgIpc) is 2.31. The fourth-order valence-electron chi connectivity index (χ4n) is 1.88. The van der Waals surface area contributed by atoms with Crippen molar-refractivity contribution in [3.8, 4) is 0 Å². The molecular weight excluding hydrogens is 282 g/mol. The van der Waals surface area contributed by atoms with Crippen molar-refractivity contribution in [2.24, 2.45) is 0 Å². The average molecular weight is 300 g/mol. The first kappa shape index (κ1) is 14.0. The number of halogens is 1. The van der Waals surface area contributed by atoms with Crippen LogP contribution in [0.15, 0.2) is 28.7 Å². The predicted octanol–water partition coefficient (Wildman–Crippen LogP) is 3.89. The number of rotatable bonds is 6. The van der Waals surface area contributed by atoms with Gasteiger partial charge in [-0.15, -0.1) is 0 Å². The van der Waals surface area contributed by atoms with E-state index in [9.17, 15) is 9.90 Å². The predicted molar refractivity (Wildman–Crippen MR) is 73.3 cm³/mol. The zero-order chi connectivity index (χ0) is 12.9. The molecule has 0 saturated heterocycles. The van der Waals surface area contributed by atoms with Gasteiger partial charge in [0.05, 0.1) is 0 Å².